The summed E-state index contributed by atoms with van der Waals surface area (Å²) in [7, 11) is 0. The average molecular weight is 717 g/mol. The molecule has 0 spiro atoms. The number of unbranched alkanes of at least 4 members (excludes halogenated alkanes) is 8. The van der Waals surface area contributed by atoms with Gasteiger partial charge < -0.3 is 21.3 Å². The van der Waals surface area contributed by atoms with Gasteiger partial charge in [-0.1, -0.05) is 101 Å². The molecular formula is C42H64N6O4. The number of amides is 6. The van der Waals surface area contributed by atoms with Gasteiger partial charge in [-0.3, -0.25) is 19.4 Å². The average Bonchev–Trinajstić information content (AvgIpc) is 3.50. The first-order valence-corrected chi connectivity index (χ1v) is 20.1. The highest BCUT2D eigenvalue weighted by Crippen LogP contribution is 2.27. The minimum absolute atomic E-state index is 0.0659. The molecule has 2 saturated heterocycles. The maximum Gasteiger partial charge on any atom is 0.327 e. The number of hydrogen-bond acceptors (Lipinski definition) is 6. The molecule has 2 aliphatic heterocycles. The van der Waals surface area contributed by atoms with E-state index < -0.39 is 12.1 Å². The Labute approximate surface area is 312 Å². The second-order valence-electron chi connectivity index (χ2n) is 14.7. The van der Waals surface area contributed by atoms with Gasteiger partial charge in [-0.2, -0.15) is 0 Å². The number of carbonyl (C=O) groups excluding carboxylic acids is 4. The van der Waals surface area contributed by atoms with Gasteiger partial charge in [0, 0.05) is 26.2 Å². The summed E-state index contributed by atoms with van der Waals surface area (Å²) in [5.74, 6) is -0.132. The standard InChI is InChI=1S/C42H64N6O4/c1-3-5-7-13-29-45-39(49)37(15-9-11-27-43)47(41(45)51)31-35-23-19-33(20-24-35)17-18-34-21-25-36(26-22-34)32-48-38(16-10-12-28-44)40(50)46(42(48)52)30-14-8-6-4-2/h19-26,37-38H,3-18,27-32,43-44H2,1-2H3/t37-,38-/m0/s1. The number of imide groups is 2. The molecule has 2 fully saturated rings. The van der Waals surface area contributed by atoms with Crippen LogP contribution in [0.3, 0.4) is 0 Å². The molecule has 0 saturated carbocycles. The zero-order chi connectivity index (χ0) is 37.3. The van der Waals surface area contributed by atoms with Gasteiger partial charge >= 0.3 is 12.1 Å². The Morgan fingerprint density at radius 2 is 0.846 bits per heavy atom. The van der Waals surface area contributed by atoms with Gasteiger partial charge in [0.2, 0.25) is 0 Å². The quantitative estimate of drug-likeness (QED) is 0.0828. The highest BCUT2D eigenvalue weighted by Gasteiger charge is 2.45. The molecule has 6 amide bonds. The van der Waals surface area contributed by atoms with E-state index in [2.05, 4.69) is 62.4 Å². The van der Waals surface area contributed by atoms with Crippen LogP contribution < -0.4 is 11.5 Å². The monoisotopic (exact) mass is 716 g/mol. The summed E-state index contributed by atoms with van der Waals surface area (Å²) in [5, 5.41) is 0. The van der Waals surface area contributed by atoms with Gasteiger partial charge in [-0.25, -0.2) is 9.59 Å². The molecule has 286 valence electrons. The Morgan fingerprint density at radius 1 is 0.481 bits per heavy atom. The number of aryl methyl sites for hydroxylation is 2. The lowest BCUT2D eigenvalue weighted by atomic mass is 10.0. The largest absolute Gasteiger partial charge is 0.330 e. The Kier molecular flexibility index (Phi) is 17.1. The van der Waals surface area contributed by atoms with Gasteiger partial charge in [0.15, 0.2) is 0 Å². The normalized spacial score (nSPS) is 17.8. The number of benzene rings is 2. The molecule has 2 aromatic carbocycles. The molecule has 10 nitrogen and oxygen atoms in total. The third-order valence-corrected chi connectivity index (χ3v) is 10.6. The Morgan fingerprint density at radius 3 is 1.19 bits per heavy atom. The maximum absolute atomic E-state index is 13.4. The second-order valence-corrected chi connectivity index (χ2v) is 14.7. The van der Waals surface area contributed by atoms with Crippen molar-refractivity contribution in [3.05, 3.63) is 70.8 Å². The first-order chi connectivity index (χ1) is 25.3. The fourth-order valence-corrected chi connectivity index (χ4v) is 7.38. The lowest BCUT2D eigenvalue weighted by Gasteiger charge is -2.22. The van der Waals surface area contributed by atoms with Gasteiger partial charge in [0.25, 0.3) is 11.8 Å². The molecular weight excluding hydrogens is 653 g/mol. The molecule has 0 aliphatic carbocycles. The van der Waals surface area contributed by atoms with E-state index in [1.165, 1.54) is 20.9 Å². The topological polar surface area (TPSA) is 133 Å². The van der Waals surface area contributed by atoms with E-state index in [9.17, 15) is 19.2 Å². The van der Waals surface area contributed by atoms with Crippen LogP contribution in [-0.4, -0.2) is 81.7 Å². The van der Waals surface area contributed by atoms with E-state index in [0.717, 1.165) is 101 Å². The number of rotatable bonds is 25. The van der Waals surface area contributed by atoms with Crippen molar-refractivity contribution in [3.8, 4) is 0 Å². The van der Waals surface area contributed by atoms with Crippen molar-refractivity contribution in [3.63, 3.8) is 0 Å². The summed E-state index contributed by atoms with van der Waals surface area (Å²) in [6.45, 7) is 7.28. The molecule has 0 aromatic heterocycles. The van der Waals surface area contributed by atoms with Crippen LogP contribution >= 0.6 is 0 Å². The third-order valence-electron chi connectivity index (χ3n) is 10.6. The lowest BCUT2D eigenvalue weighted by Crippen LogP contribution is -2.35. The fraction of sp³-hybridized carbons (Fsp3) is 0.619. The van der Waals surface area contributed by atoms with Crippen LogP contribution in [-0.2, 0) is 35.5 Å². The van der Waals surface area contributed by atoms with E-state index in [-0.39, 0.29) is 23.9 Å². The second kappa shape index (κ2) is 21.7. The van der Waals surface area contributed by atoms with Gasteiger partial charge in [0.1, 0.15) is 12.1 Å². The number of nitrogens with two attached hydrogens (primary N) is 2. The van der Waals surface area contributed by atoms with E-state index in [1.54, 1.807) is 9.80 Å². The van der Waals surface area contributed by atoms with Crippen molar-refractivity contribution in [1.82, 2.24) is 19.6 Å². The van der Waals surface area contributed by atoms with E-state index >= 15 is 0 Å². The Balaban J connectivity index is 1.32. The molecule has 4 rings (SSSR count). The van der Waals surface area contributed by atoms with Crippen LogP contribution in [0, 0.1) is 0 Å². The van der Waals surface area contributed by atoms with E-state index in [4.69, 9.17) is 11.5 Å². The van der Waals surface area contributed by atoms with Gasteiger partial charge in [-0.15, -0.1) is 0 Å². The maximum atomic E-state index is 13.4. The predicted octanol–water partition coefficient (Wildman–Crippen LogP) is 7.16. The summed E-state index contributed by atoms with van der Waals surface area (Å²) >= 11 is 0. The first kappa shape index (κ1) is 41.0. The van der Waals surface area contributed by atoms with Crippen molar-refractivity contribution >= 4 is 23.9 Å². The highest BCUT2D eigenvalue weighted by atomic mass is 16.2. The highest BCUT2D eigenvalue weighted by molar-refractivity contribution is 6.04. The summed E-state index contributed by atoms with van der Waals surface area (Å²) in [5.41, 5.74) is 15.9. The summed E-state index contributed by atoms with van der Waals surface area (Å²) in [6, 6.07) is 15.6. The molecule has 2 aliphatic rings. The first-order valence-electron chi connectivity index (χ1n) is 20.1. The SMILES string of the molecule is CCCCCCN1C(=O)[C@H](CCCCN)N(Cc2ccc(CCc3ccc(CN4C(=O)N(CCCCCC)C(=O)[C@@H]4CCCCN)cc3)cc2)C1=O. The van der Waals surface area contributed by atoms with Crippen LogP contribution in [0.25, 0.3) is 0 Å². The molecule has 2 atom stereocenters. The van der Waals surface area contributed by atoms with Crippen LogP contribution in [0.4, 0.5) is 9.59 Å². The molecule has 2 heterocycles. The molecule has 10 heteroatoms. The van der Waals surface area contributed by atoms with Crippen LogP contribution in [0.5, 0.6) is 0 Å². The molecule has 52 heavy (non-hydrogen) atoms. The van der Waals surface area contributed by atoms with Crippen molar-refractivity contribution in [2.24, 2.45) is 11.5 Å². The van der Waals surface area contributed by atoms with Crippen molar-refractivity contribution in [1.29, 1.82) is 0 Å². The van der Waals surface area contributed by atoms with Crippen molar-refractivity contribution in [2.45, 2.75) is 142 Å². The van der Waals surface area contributed by atoms with Gasteiger partial charge in [0.05, 0.1) is 0 Å². The minimum atomic E-state index is -0.423. The third kappa shape index (κ3) is 11.4. The Bertz CT molecular complexity index is 1310. The number of nitrogens with zero attached hydrogens (tertiary/aromatic N) is 4. The minimum Gasteiger partial charge on any atom is -0.330 e. The smallest absolute Gasteiger partial charge is 0.327 e. The van der Waals surface area contributed by atoms with Gasteiger partial charge in [-0.05, 0) is 99.6 Å². The summed E-state index contributed by atoms with van der Waals surface area (Å²) in [6.07, 6.45) is 14.5. The van der Waals surface area contributed by atoms with Crippen molar-refractivity contribution in [2.75, 3.05) is 26.2 Å². The number of urea groups is 2. The Hall–Kier alpha value is -3.76. The fourth-order valence-electron chi connectivity index (χ4n) is 7.38. The van der Waals surface area contributed by atoms with Crippen LogP contribution in [0.1, 0.15) is 126 Å². The summed E-state index contributed by atoms with van der Waals surface area (Å²) in [4.78, 5) is 59.9. The predicted molar refractivity (Wildman–Crippen MR) is 207 cm³/mol. The molecule has 2 aromatic rings. The molecule has 0 bridgehead atoms. The van der Waals surface area contributed by atoms with Crippen LogP contribution in [0.15, 0.2) is 48.5 Å². The molecule has 0 radical (unpaired) electrons. The van der Waals surface area contributed by atoms with E-state index in [1.807, 2.05) is 0 Å². The number of carbonyl (C=O) groups is 4. The zero-order valence-electron chi connectivity index (χ0n) is 31.9. The van der Waals surface area contributed by atoms with Crippen molar-refractivity contribution < 1.29 is 19.2 Å². The lowest BCUT2D eigenvalue weighted by molar-refractivity contribution is -0.129. The zero-order valence-corrected chi connectivity index (χ0v) is 31.9. The van der Waals surface area contributed by atoms with E-state index in [0.29, 0.717) is 52.1 Å². The number of hydrogen-bond donors (Lipinski definition) is 2. The summed E-state index contributed by atoms with van der Waals surface area (Å²) < 4.78 is 0. The molecule has 4 N–H and O–H groups in total. The molecule has 0 unspecified atom stereocenters. The van der Waals surface area contributed by atoms with Crippen LogP contribution in [0.2, 0.25) is 0 Å².